The third kappa shape index (κ3) is 6.79. The summed E-state index contributed by atoms with van der Waals surface area (Å²) in [6, 6.07) is 17.1. The molecule has 0 radical (unpaired) electrons. The maximum absolute atomic E-state index is 13.6. The maximum Gasteiger partial charge on any atom is 0.416 e. The molecule has 2 heterocycles. The molecule has 9 nitrogen and oxygen atoms in total. The Morgan fingerprint density at radius 2 is 1.71 bits per heavy atom. The fraction of sp³-hybridized carbons (Fsp3) is 0.222. The fourth-order valence-corrected chi connectivity index (χ4v) is 6.53. The molecule has 42 heavy (non-hydrogen) atoms. The molecule has 4 aromatic rings. The quantitative estimate of drug-likeness (QED) is 0.259. The van der Waals surface area contributed by atoms with Crippen LogP contribution in [0.3, 0.4) is 0 Å². The lowest BCUT2D eigenvalue weighted by atomic mass is 10.1. The molecule has 5 rings (SSSR count). The van der Waals surface area contributed by atoms with Gasteiger partial charge in [0.2, 0.25) is 15.9 Å². The van der Waals surface area contributed by atoms with Crippen LogP contribution < -0.4 is 5.32 Å². The summed E-state index contributed by atoms with van der Waals surface area (Å²) in [6.45, 7) is 0.946. The number of carbonyl (C=O) groups excluding carboxylic acids is 1. The van der Waals surface area contributed by atoms with Gasteiger partial charge in [-0.1, -0.05) is 41.6 Å². The predicted molar refractivity (Wildman–Crippen MR) is 152 cm³/mol. The van der Waals surface area contributed by atoms with Crippen LogP contribution in [-0.2, 0) is 25.7 Å². The molecule has 0 bridgehead atoms. The van der Waals surface area contributed by atoms with E-state index in [0.717, 1.165) is 23.9 Å². The highest BCUT2D eigenvalue weighted by Gasteiger charge is 2.31. The van der Waals surface area contributed by atoms with E-state index in [1.165, 1.54) is 39.2 Å². The largest absolute Gasteiger partial charge is 0.416 e. The highest BCUT2D eigenvalue weighted by Crippen LogP contribution is 2.34. The number of nitrogens with zero attached hydrogens (tertiary/aromatic N) is 4. The van der Waals surface area contributed by atoms with Crippen LogP contribution in [0.4, 0.5) is 18.9 Å². The van der Waals surface area contributed by atoms with Crippen molar-refractivity contribution in [2.75, 3.05) is 37.4 Å². The molecule has 0 saturated carbocycles. The van der Waals surface area contributed by atoms with Gasteiger partial charge in [0.05, 0.1) is 35.1 Å². The minimum atomic E-state index is -4.61. The molecule has 0 unspecified atom stereocenters. The van der Waals surface area contributed by atoms with Crippen LogP contribution in [-0.4, -0.2) is 65.5 Å². The fourth-order valence-electron chi connectivity index (χ4n) is 4.20. The van der Waals surface area contributed by atoms with Crippen LogP contribution >= 0.6 is 23.4 Å². The van der Waals surface area contributed by atoms with Crippen molar-refractivity contribution in [3.05, 3.63) is 83.4 Å². The summed E-state index contributed by atoms with van der Waals surface area (Å²) in [7, 11) is -3.86. The number of ether oxygens (including phenoxy) is 1. The zero-order valence-corrected chi connectivity index (χ0v) is 24.1. The summed E-state index contributed by atoms with van der Waals surface area (Å²) >= 11 is 6.85. The Hall–Kier alpha value is -3.43. The first-order valence-electron chi connectivity index (χ1n) is 12.5. The topological polar surface area (TPSA) is 106 Å². The van der Waals surface area contributed by atoms with Gasteiger partial charge in [0.15, 0.2) is 11.0 Å². The van der Waals surface area contributed by atoms with Gasteiger partial charge in [-0.2, -0.15) is 17.5 Å². The molecule has 1 saturated heterocycles. The predicted octanol–water partition coefficient (Wildman–Crippen LogP) is 5.36. The molecule has 0 atom stereocenters. The Bertz CT molecular complexity index is 1690. The number of aromatic nitrogens is 3. The van der Waals surface area contributed by atoms with E-state index in [4.69, 9.17) is 16.3 Å². The second-order valence-electron chi connectivity index (χ2n) is 9.08. The van der Waals surface area contributed by atoms with Crippen molar-refractivity contribution < 1.29 is 31.1 Å². The number of amides is 1. The van der Waals surface area contributed by atoms with Crippen LogP contribution in [0.1, 0.15) is 5.56 Å². The molecule has 1 amide bonds. The number of halogens is 4. The number of sulfonamides is 1. The number of carbonyl (C=O) groups is 1. The zero-order chi connectivity index (χ0) is 29.9. The van der Waals surface area contributed by atoms with E-state index < -0.39 is 21.8 Å². The molecular weight excluding hydrogens is 615 g/mol. The summed E-state index contributed by atoms with van der Waals surface area (Å²) in [5.41, 5.74) is 0.0293. The van der Waals surface area contributed by atoms with Gasteiger partial charge in [-0.15, -0.1) is 10.2 Å². The summed E-state index contributed by atoms with van der Waals surface area (Å²) in [5, 5.41) is 11.7. The van der Waals surface area contributed by atoms with Crippen molar-refractivity contribution in [1.29, 1.82) is 0 Å². The number of hydrogen-bond donors (Lipinski definition) is 1. The van der Waals surface area contributed by atoms with Gasteiger partial charge in [0.25, 0.3) is 0 Å². The highest BCUT2D eigenvalue weighted by atomic mass is 35.5. The number of alkyl halides is 3. The van der Waals surface area contributed by atoms with Crippen LogP contribution in [0.15, 0.2) is 82.8 Å². The van der Waals surface area contributed by atoms with E-state index in [1.54, 1.807) is 30.3 Å². The maximum atomic E-state index is 13.6. The number of benzene rings is 3. The molecular formula is C27H23ClF3N5O4S2. The SMILES string of the molecule is O=C(CSc1nnc(-c2cccc(S(=O)(=O)N3CCOCC3)c2)n1-c1cccc(C(F)(F)F)c1)Nc1ccc(Cl)cc1. The van der Waals surface area contributed by atoms with Crippen molar-refractivity contribution in [1.82, 2.24) is 19.1 Å². The van der Waals surface area contributed by atoms with Crippen LogP contribution in [0.2, 0.25) is 5.02 Å². The van der Waals surface area contributed by atoms with Gasteiger partial charge < -0.3 is 10.1 Å². The van der Waals surface area contributed by atoms with E-state index in [-0.39, 0.29) is 59.5 Å². The van der Waals surface area contributed by atoms with E-state index in [0.29, 0.717) is 16.3 Å². The Balaban J connectivity index is 1.50. The lowest BCUT2D eigenvalue weighted by Crippen LogP contribution is -2.40. The third-order valence-corrected chi connectivity index (χ3v) is 9.30. The lowest BCUT2D eigenvalue weighted by molar-refractivity contribution is -0.137. The summed E-state index contributed by atoms with van der Waals surface area (Å²) < 4.78 is 75.3. The Labute approximate surface area is 248 Å². The van der Waals surface area contributed by atoms with Crippen molar-refractivity contribution in [2.24, 2.45) is 0 Å². The normalized spacial score (nSPS) is 14.6. The Morgan fingerprint density at radius 1 is 1.00 bits per heavy atom. The molecule has 1 N–H and O–H groups in total. The first-order valence-corrected chi connectivity index (χ1v) is 15.3. The van der Waals surface area contributed by atoms with Gasteiger partial charge in [-0.25, -0.2) is 8.42 Å². The average Bonchev–Trinajstić information content (AvgIpc) is 3.41. The first kappa shape index (κ1) is 30.0. The number of morpholine rings is 1. The minimum Gasteiger partial charge on any atom is -0.379 e. The van der Waals surface area contributed by atoms with Gasteiger partial charge in [-0.05, 0) is 54.6 Å². The van der Waals surface area contributed by atoms with Gasteiger partial charge in [0.1, 0.15) is 0 Å². The molecule has 1 fully saturated rings. The van der Waals surface area contributed by atoms with Crippen LogP contribution in [0.25, 0.3) is 17.1 Å². The molecule has 1 aliphatic rings. The molecule has 0 aliphatic carbocycles. The second-order valence-corrected chi connectivity index (χ2v) is 12.4. The smallest absolute Gasteiger partial charge is 0.379 e. The van der Waals surface area contributed by atoms with Crippen molar-refractivity contribution in [3.63, 3.8) is 0 Å². The standard InChI is InChI=1S/C27H23ClF3N5O4S2/c28-20-7-9-21(10-8-20)32-24(37)17-41-26-34-33-25(36(26)22-5-2-4-19(16-22)27(29,30)31)18-3-1-6-23(15-18)42(38,39)35-11-13-40-14-12-35/h1-10,15-16H,11-14,17H2,(H,32,37). The summed E-state index contributed by atoms with van der Waals surface area (Å²) in [5.74, 6) is -0.416. The molecule has 220 valence electrons. The highest BCUT2D eigenvalue weighted by molar-refractivity contribution is 7.99. The molecule has 3 aromatic carbocycles. The zero-order valence-electron chi connectivity index (χ0n) is 21.7. The molecule has 0 spiro atoms. The van der Waals surface area contributed by atoms with E-state index in [2.05, 4.69) is 15.5 Å². The lowest BCUT2D eigenvalue weighted by Gasteiger charge is -2.26. The van der Waals surface area contributed by atoms with Crippen molar-refractivity contribution in [3.8, 4) is 17.1 Å². The van der Waals surface area contributed by atoms with Crippen molar-refractivity contribution in [2.45, 2.75) is 16.2 Å². The van der Waals surface area contributed by atoms with Crippen LogP contribution in [0.5, 0.6) is 0 Å². The number of anilines is 1. The van der Waals surface area contributed by atoms with Gasteiger partial charge in [0, 0.05) is 29.4 Å². The number of thioether (sulfide) groups is 1. The monoisotopic (exact) mass is 637 g/mol. The van der Waals surface area contributed by atoms with E-state index >= 15 is 0 Å². The number of rotatable bonds is 8. The molecule has 1 aliphatic heterocycles. The summed E-state index contributed by atoms with van der Waals surface area (Å²) in [6.07, 6.45) is -4.61. The van der Waals surface area contributed by atoms with Crippen molar-refractivity contribution >= 4 is 45.0 Å². The molecule has 15 heteroatoms. The van der Waals surface area contributed by atoms with Gasteiger partial charge in [-0.3, -0.25) is 9.36 Å². The third-order valence-electron chi connectivity index (χ3n) is 6.23. The Morgan fingerprint density at radius 3 is 2.43 bits per heavy atom. The van der Waals surface area contributed by atoms with Crippen LogP contribution in [0, 0.1) is 0 Å². The first-order chi connectivity index (χ1) is 20.0. The summed E-state index contributed by atoms with van der Waals surface area (Å²) in [4.78, 5) is 12.6. The number of hydrogen-bond acceptors (Lipinski definition) is 7. The molecule has 1 aromatic heterocycles. The van der Waals surface area contributed by atoms with E-state index in [1.807, 2.05) is 0 Å². The minimum absolute atomic E-state index is 0.00274. The van der Waals surface area contributed by atoms with Gasteiger partial charge >= 0.3 is 6.18 Å². The average molecular weight is 638 g/mol. The number of nitrogens with one attached hydrogen (secondary N) is 1. The van der Waals surface area contributed by atoms with E-state index in [9.17, 15) is 26.4 Å². The Kier molecular flexibility index (Phi) is 8.89. The second kappa shape index (κ2) is 12.4.